The first-order valence-corrected chi connectivity index (χ1v) is 23.9. The maximum absolute atomic E-state index is 12.7. The van der Waals surface area contributed by atoms with Gasteiger partial charge in [-0.05, 0) is 96.3 Å². The Hall–Kier alpha value is -5.01. The second-order valence-electron chi connectivity index (χ2n) is 13.1. The van der Waals surface area contributed by atoms with E-state index in [9.17, 15) is 26.4 Å². The summed E-state index contributed by atoms with van der Waals surface area (Å²) in [5, 5.41) is 16.6. The van der Waals surface area contributed by atoms with Gasteiger partial charge in [-0.15, -0.1) is 0 Å². The zero-order valence-electron chi connectivity index (χ0n) is 38.3. The lowest BCUT2D eigenvalue weighted by Gasteiger charge is -2.19. The molecule has 360 valence electrons. The van der Waals surface area contributed by atoms with E-state index in [1.165, 1.54) is 38.1 Å². The summed E-state index contributed by atoms with van der Waals surface area (Å²) in [4.78, 5) is 28.7. The predicted molar refractivity (Wildman–Crippen MR) is 241 cm³/mol. The Kier molecular flexibility index (Phi) is 35.7. The molecule has 2 atom stereocenters. The standard InChI is InChI=1S/C19H30N4O6S.C13H17N3O4S.C7H17NO2.C2H3N/c1-4-27-18(28-5-2)11-12-21-19(24)29-16(10-13-22-23-20)14-30(25,26)17-8-6-15(3)7-9-17;1-10-3-5-13(6-4-10)21(18,19)9-12(20-11(2)17)7-8-15-16-14;1-3-9-7(5-6-8)10-4-2;1-2-3/h6-9,16,18H,4-5,10-14H2,1-3H3,(H,21,24);3-6,12H,7-9H2,1-2H3;7H,3-6,8H2,1-2H3;1H3. The van der Waals surface area contributed by atoms with Gasteiger partial charge in [0.2, 0.25) is 0 Å². The molecule has 0 heterocycles. The number of hydrogen-bond donors (Lipinski definition) is 2. The number of hydrogen-bond acceptors (Lipinski definition) is 16. The van der Waals surface area contributed by atoms with E-state index in [4.69, 9.17) is 50.5 Å². The van der Waals surface area contributed by atoms with Crippen LogP contribution in [0.15, 0.2) is 68.6 Å². The first-order valence-electron chi connectivity index (χ1n) is 20.6. The van der Waals surface area contributed by atoms with Crippen LogP contribution in [0.3, 0.4) is 0 Å². The van der Waals surface area contributed by atoms with E-state index >= 15 is 0 Å². The minimum Gasteiger partial charge on any atom is -0.461 e. The van der Waals surface area contributed by atoms with Gasteiger partial charge in [-0.2, -0.15) is 5.26 Å². The number of rotatable bonds is 27. The number of aryl methyl sites for hydroxylation is 2. The highest BCUT2D eigenvalue weighted by atomic mass is 32.2. The fourth-order valence-corrected chi connectivity index (χ4v) is 7.98. The SMILES string of the molecule is CC#N.CC(=O)OC(CCN=[N+]=[N-])CS(=O)(=O)c1ccc(C)cc1.CCOC(CCN)OCC.CCOC(CCNC(=O)OC(CCN=[N+]=[N-])CS(=O)(=O)c1ccc(C)cc1)OCC. The van der Waals surface area contributed by atoms with E-state index in [2.05, 4.69) is 25.4 Å². The number of nitriles is 1. The number of amides is 1. The zero-order valence-corrected chi connectivity index (χ0v) is 39.9. The van der Waals surface area contributed by atoms with Crippen molar-refractivity contribution >= 4 is 31.7 Å². The van der Waals surface area contributed by atoms with E-state index in [1.807, 2.05) is 41.5 Å². The summed E-state index contributed by atoms with van der Waals surface area (Å²) in [6.45, 7) is 17.2. The largest absolute Gasteiger partial charge is 0.461 e. The summed E-state index contributed by atoms with van der Waals surface area (Å²) in [5.41, 5.74) is 23.9. The summed E-state index contributed by atoms with van der Waals surface area (Å²) in [7, 11) is -7.26. The number of azide groups is 2. The lowest BCUT2D eigenvalue weighted by Crippen LogP contribution is -2.35. The normalized spacial score (nSPS) is 11.6. The van der Waals surface area contributed by atoms with Crippen molar-refractivity contribution in [1.82, 2.24) is 5.32 Å². The molecule has 23 heteroatoms. The lowest BCUT2D eigenvalue weighted by molar-refractivity contribution is -0.145. The minimum absolute atomic E-state index is 0.00855. The van der Waals surface area contributed by atoms with Crippen LogP contribution in [0.1, 0.15) is 78.4 Å². The number of carbonyl (C=O) groups is 2. The molecule has 2 unspecified atom stereocenters. The van der Waals surface area contributed by atoms with Gasteiger partial charge in [-0.1, -0.05) is 45.6 Å². The molecular formula is C41H67N9O12S2. The quantitative estimate of drug-likeness (QED) is 0.0299. The number of sulfone groups is 2. The van der Waals surface area contributed by atoms with Crippen LogP contribution in [0.4, 0.5) is 4.79 Å². The molecule has 0 aromatic heterocycles. The topological polar surface area (TPSA) is 317 Å². The molecule has 1 amide bonds. The Morgan fingerprint density at radius 1 is 0.703 bits per heavy atom. The highest BCUT2D eigenvalue weighted by Crippen LogP contribution is 2.17. The van der Waals surface area contributed by atoms with E-state index in [1.54, 1.807) is 30.3 Å². The molecule has 0 aliphatic rings. The predicted octanol–water partition coefficient (Wildman–Crippen LogP) is 7.02. The molecule has 0 saturated heterocycles. The third-order valence-electron chi connectivity index (χ3n) is 7.87. The van der Waals surface area contributed by atoms with Crippen molar-refractivity contribution in [2.24, 2.45) is 16.0 Å². The molecule has 2 rings (SSSR count). The van der Waals surface area contributed by atoms with Crippen molar-refractivity contribution in [2.45, 2.75) is 116 Å². The smallest absolute Gasteiger partial charge is 0.407 e. The fraction of sp³-hybridized carbons (Fsp3) is 0.634. The van der Waals surface area contributed by atoms with Gasteiger partial charge in [0.05, 0.1) is 27.4 Å². The molecule has 0 fully saturated rings. The molecule has 21 nitrogen and oxygen atoms in total. The minimum atomic E-state index is -3.69. The van der Waals surface area contributed by atoms with Crippen molar-refractivity contribution < 1.29 is 54.8 Å². The average Bonchev–Trinajstić information content (AvgIpc) is 3.22. The van der Waals surface area contributed by atoms with Crippen LogP contribution in [0.5, 0.6) is 0 Å². The number of esters is 1. The first kappa shape index (κ1) is 61.1. The Bertz CT molecular complexity index is 1920. The van der Waals surface area contributed by atoms with Gasteiger partial charge in [0, 0.05) is 82.6 Å². The Labute approximate surface area is 378 Å². The highest BCUT2D eigenvalue weighted by Gasteiger charge is 2.25. The van der Waals surface area contributed by atoms with Crippen LogP contribution < -0.4 is 11.1 Å². The van der Waals surface area contributed by atoms with Crippen LogP contribution >= 0.6 is 0 Å². The summed E-state index contributed by atoms with van der Waals surface area (Å²) in [6.07, 6.45) is -1.65. The monoisotopic (exact) mass is 941 g/mol. The number of benzene rings is 2. The number of alkyl carbamates (subject to hydrolysis) is 1. The number of nitrogens with one attached hydrogen (secondary N) is 1. The van der Waals surface area contributed by atoms with Crippen molar-refractivity contribution in [1.29, 1.82) is 5.26 Å². The van der Waals surface area contributed by atoms with Crippen LogP contribution in [-0.2, 0) is 52.9 Å². The molecule has 0 spiro atoms. The molecular weight excluding hydrogens is 875 g/mol. The van der Waals surface area contributed by atoms with Crippen LogP contribution in [0.25, 0.3) is 20.9 Å². The highest BCUT2D eigenvalue weighted by molar-refractivity contribution is 7.91. The van der Waals surface area contributed by atoms with Crippen LogP contribution in [0.2, 0.25) is 0 Å². The molecule has 64 heavy (non-hydrogen) atoms. The van der Waals surface area contributed by atoms with Crippen molar-refractivity contribution in [2.75, 3.05) is 64.1 Å². The third kappa shape index (κ3) is 30.9. The average molecular weight is 942 g/mol. The third-order valence-corrected chi connectivity index (χ3v) is 11.5. The molecule has 2 aromatic rings. The molecule has 0 bridgehead atoms. The van der Waals surface area contributed by atoms with E-state index in [0.717, 1.165) is 17.5 Å². The van der Waals surface area contributed by atoms with Crippen molar-refractivity contribution in [3.63, 3.8) is 0 Å². The fourth-order valence-electron chi connectivity index (χ4n) is 5.05. The van der Waals surface area contributed by atoms with Gasteiger partial charge in [0.15, 0.2) is 32.3 Å². The molecule has 0 radical (unpaired) electrons. The van der Waals surface area contributed by atoms with Gasteiger partial charge < -0.3 is 39.5 Å². The van der Waals surface area contributed by atoms with Crippen molar-refractivity contribution in [3.8, 4) is 6.07 Å². The maximum Gasteiger partial charge on any atom is 0.407 e. The zero-order chi connectivity index (χ0) is 48.8. The maximum atomic E-state index is 12.7. The van der Waals surface area contributed by atoms with E-state index < -0.39 is 56.0 Å². The van der Waals surface area contributed by atoms with Gasteiger partial charge in [0.1, 0.15) is 12.2 Å². The summed E-state index contributed by atoms with van der Waals surface area (Å²) >= 11 is 0. The number of carbonyl (C=O) groups excluding carboxylic acids is 2. The molecule has 0 saturated carbocycles. The molecule has 0 aliphatic carbocycles. The van der Waals surface area contributed by atoms with Gasteiger partial charge in [0.25, 0.3) is 0 Å². The Morgan fingerprint density at radius 2 is 1.06 bits per heavy atom. The molecule has 2 aromatic carbocycles. The number of ether oxygens (including phenoxy) is 6. The second kappa shape index (κ2) is 37.4. The molecule has 0 aliphatic heterocycles. The van der Waals surface area contributed by atoms with E-state index in [-0.39, 0.29) is 54.3 Å². The lowest BCUT2D eigenvalue weighted by atomic mass is 10.2. The van der Waals surface area contributed by atoms with Crippen LogP contribution in [-0.4, -0.2) is 118 Å². The van der Waals surface area contributed by atoms with Crippen LogP contribution in [0, 0.1) is 25.2 Å². The van der Waals surface area contributed by atoms with Gasteiger partial charge in [-0.25, -0.2) is 21.6 Å². The Morgan fingerprint density at radius 3 is 1.39 bits per heavy atom. The van der Waals surface area contributed by atoms with E-state index in [0.29, 0.717) is 39.4 Å². The summed E-state index contributed by atoms with van der Waals surface area (Å²) in [6, 6.07) is 14.6. The first-order chi connectivity index (χ1) is 30.4. The number of nitrogens with zero attached hydrogens (tertiary/aromatic N) is 7. The summed E-state index contributed by atoms with van der Waals surface area (Å²) in [5.74, 6) is -1.32. The summed E-state index contributed by atoms with van der Waals surface area (Å²) < 4.78 is 81.4. The van der Waals surface area contributed by atoms with Crippen molar-refractivity contribution in [3.05, 3.63) is 80.5 Å². The number of nitrogens with two attached hydrogens (primary N) is 1. The Balaban J connectivity index is 0. The second-order valence-corrected chi connectivity index (χ2v) is 17.2. The molecule has 3 N–H and O–H groups in total. The van der Waals surface area contributed by atoms with Gasteiger partial charge in [-0.3, -0.25) is 4.79 Å². The van der Waals surface area contributed by atoms with Gasteiger partial charge >= 0.3 is 12.1 Å².